The highest BCUT2D eigenvalue weighted by molar-refractivity contribution is 6.29. The zero-order valence-corrected chi connectivity index (χ0v) is 8.92. The van der Waals surface area contributed by atoms with Gasteiger partial charge in [0.1, 0.15) is 10.8 Å². The van der Waals surface area contributed by atoms with Crippen molar-refractivity contribution in [3.8, 4) is 0 Å². The van der Waals surface area contributed by atoms with E-state index in [9.17, 15) is 0 Å². The summed E-state index contributed by atoms with van der Waals surface area (Å²) in [5, 5.41) is 0.477. The van der Waals surface area contributed by atoms with Crippen LogP contribution in [0.5, 0.6) is 0 Å². The van der Waals surface area contributed by atoms with Gasteiger partial charge in [-0.25, -0.2) is 9.97 Å². The minimum Gasteiger partial charge on any atom is -0.367 e. The zero-order valence-electron chi connectivity index (χ0n) is 8.16. The number of hydrogen-bond donors (Lipinski definition) is 0. The lowest BCUT2D eigenvalue weighted by molar-refractivity contribution is -0.0760. The van der Waals surface area contributed by atoms with E-state index in [0.717, 1.165) is 25.9 Å². The average Bonchev–Trinajstić information content (AvgIpc) is 2.19. The van der Waals surface area contributed by atoms with Gasteiger partial charge in [-0.1, -0.05) is 11.6 Å². The van der Waals surface area contributed by atoms with Crippen LogP contribution >= 0.6 is 11.6 Å². The highest BCUT2D eigenvalue weighted by Gasteiger charge is 2.32. The molecular formula is C10H13ClN2O. The van der Waals surface area contributed by atoms with Gasteiger partial charge in [0.25, 0.3) is 0 Å². The Labute approximate surface area is 88.5 Å². The van der Waals surface area contributed by atoms with Gasteiger partial charge in [-0.05, 0) is 32.3 Å². The van der Waals surface area contributed by atoms with E-state index in [2.05, 4.69) is 9.97 Å². The van der Waals surface area contributed by atoms with Crippen molar-refractivity contribution in [2.75, 3.05) is 6.61 Å². The quantitative estimate of drug-likeness (QED) is 0.671. The highest BCUT2D eigenvalue weighted by Crippen LogP contribution is 2.32. The van der Waals surface area contributed by atoms with Crippen LogP contribution in [-0.2, 0) is 10.3 Å². The van der Waals surface area contributed by atoms with Crippen molar-refractivity contribution in [2.24, 2.45) is 0 Å². The van der Waals surface area contributed by atoms with E-state index in [-0.39, 0.29) is 5.60 Å². The molecule has 0 N–H and O–H groups in total. The second-order valence-corrected chi connectivity index (χ2v) is 4.13. The van der Waals surface area contributed by atoms with Crippen molar-refractivity contribution in [2.45, 2.75) is 31.8 Å². The van der Waals surface area contributed by atoms with Gasteiger partial charge in [0.15, 0.2) is 5.82 Å². The molecule has 1 aromatic rings. The molecule has 2 rings (SSSR count). The third-order valence-corrected chi connectivity index (χ3v) is 2.77. The van der Waals surface area contributed by atoms with E-state index in [1.165, 1.54) is 0 Å². The van der Waals surface area contributed by atoms with Crippen LogP contribution in [0.1, 0.15) is 32.0 Å². The van der Waals surface area contributed by atoms with E-state index < -0.39 is 0 Å². The lowest BCUT2D eigenvalue weighted by atomic mass is 9.95. The smallest absolute Gasteiger partial charge is 0.161 e. The maximum absolute atomic E-state index is 5.82. The number of nitrogens with zero attached hydrogens (tertiary/aromatic N) is 2. The molecule has 1 aliphatic rings. The van der Waals surface area contributed by atoms with Crippen molar-refractivity contribution in [1.82, 2.24) is 9.97 Å². The molecular weight excluding hydrogens is 200 g/mol. The maximum Gasteiger partial charge on any atom is 0.161 e. The molecule has 76 valence electrons. The van der Waals surface area contributed by atoms with Crippen molar-refractivity contribution >= 4 is 11.6 Å². The molecule has 1 atom stereocenters. The summed E-state index contributed by atoms with van der Waals surface area (Å²) in [5.41, 5.74) is -0.344. The van der Waals surface area contributed by atoms with Crippen LogP contribution in [-0.4, -0.2) is 16.6 Å². The van der Waals surface area contributed by atoms with Crippen LogP contribution in [0.25, 0.3) is 0 Å². The molecule has 2 heterocycles. The summed E-state index contributed by atoms with van der Waals surface area (Å²) in [4.78, 5) is 8.41. The first-order chi connectivity index (χ1) is 6.71. The summed E-state index contributed by atoms with van der Waals surface area (Å²) in [7, 11) is 0. The molecule has 0 radical (unpaired) electrons. The average molecular weight is 213 g/mol. The van der Waals surface area contributed by atoms with Gasteiger partial charge in [0.2, 0.25) is 0 Å². The van der Waals surface area contributed by atoms with Gasteiger partial charge in [0.05, 0.1) is 0 Å². The van der Waals surface area contributed by atoms with E-state index in [1.54, 1.807) is 12.3 Å². The first kappa shape index (κ1) is 9.87. The molecule has 4 heteroatoms. The summed E-state index contributed by atoms with van der Waals surface area (Å²) in [6, 6.07) is 1.68. The van der Waals surface area contributed by atoms with Crippen molar-refractivity contribution in [3.63, 3.8) is 0 Å². The normalized spacial score (nSPS) is 27.6. The molecule has 0 bridgehead atoms. The van der Waals surface area contributed by atoms with Crippen molar-refractivity contribution in [1.29, 1.82) is 0 Å². The second-order valence-electron chi connectivity index (χ2n) is 3.74. The number of rotatable bonds is 1. The second kappa shape index (κ2) is 3.83. The number of hydrogen-bond acceptors (Lipinski definition) is 3. The van der Waals surface area contributed by atoms with Crippen molar-refractivity contribution < 1.29 is 4.74 Å². The summed E-state index contributed by atoms with van der Waals surface area (Å²) < 4.78 is 5.72. The first-order valence-electron chi connectivity index (χ1n) is 4.84. The summed E-state index contributed by atoms with van der Waals surface area (Å²) in [6.45, 7) is 2.81. The fourth-order valence-electron chi connectivity index (χ4n) is 1.70. The van der Waals surface area contributed by atoms with E-state index >= 15 is 0 Å². The Morgan fingerprint density at radius 1 is 1.50 bits per heavy atom. The lowest BCUT2D eigenvalue weighted by Gasteiger charge is -2.32. The molecule has 3 nitrogen and oxygen atoms in total. The zero-order chi connectivity index (χ0) is 10.0. The molecule has 0 saturated carbocycles. The summed E-state index contributed by atoms with van der Waals surface area (Å²) in [6.07, 6.45) is 4.92. The number of aromatic nitrogens is 2. The van der Waals surface area contributed by atoms with Crippen LogP contribution in [0.15, 0.2) is 12.3 Å². The molecule has 1 aliphatic heterocycles. The molecule has 1 saturated heterocycles. The fourth-order valence-corrected chi connectivity index (χ4v) is 1.84. The molecule has 0 aromatic carbocycles. The van der Waals surface area contributed by atoms with Gasteiger partial charge in [-0.3, -0.25) is 0 Å². The minimum atomic E-state index is -0.344. The molecule has 0 amide bonds. The third-order valence-electron chi connectivity index (χ3n) is 2.56. The molecule has 1 aromatic heterocycles. The van der Waals surface area contributed by atoms with Crippen LogP contribution in [0.2, 0.25) is 5.15 Å². The van der Waals surface area contributed by atoms with E-state index in [4.69, 9.17) is 16.3 Å². The Kier molecular flexibility index (Phi) is 2.70. The largest absolute Gasteiger partial charge is 0.367 e. The summed E-state index contributed by atoms with van der Waals surface area (Å²) >= 11 is 5.82. The molecule has 0 spiro atoms. The van der Waals surface area contributed by atoms with Crippen LogP contribution in [0.4, 0.5) is 0 Å². The van der Waals surface area contributed by atoms with Gasteiger partial charge in [-0.2, -0.15) is 0 Å². The topological polar surface area (TPSA) is 35.0 Å². The predicted molar refractivity (Wildman–Crippen MR) is 54.2 cm³/mol. The Morgan fingerprint density at radius 3 is 3.00 bits per heavy atom. The van der Waals surface area contributed by atoms with Crippen LogP contribution < -0.4 is 0 Å². The predicted octanol–water partition coefficient (Wildman–Crippen LogP) is 2.55. The Morgan fingerprint density at radius 2 is 2.36 bits per heavy atom. The monoisotopic (exact) mass is 212 g/mol. The van der Waals surface area contributed by atoms with Crippen LogP contribution in [0, 0.1) is 0 Å². The number of halogens is 1. The van der Waals surface area contributed by atoms with Gasteiger partial charge >= 0.3 is 0 Å². The number of ether oxygens (including phenoxy) is 1. The minimum absolute atomic E-state index is 0.344. The SMILES string of the molecule is CC1(c2nccc(Cl)n2)CCCCO1. The highest BCUT2D eigenvalue weighted by atomic mass is 35.5. The molecule has 1 fully saturated rings. The molecule has 1 unspecified atom stereocenters. The Bertz CT molecular complexity index is 324. The fraction of sp³-hybridized carbons (Fsp3) is 0.600. The maximum atomic E-state index is 5.82. The molecule has 0 aliphatic carbocycles. The summed E-state index contributed by atoms with van der Waals surface area (Å²) in [5.74, 6) is 0.699. The van der Waals surface area contributed by atoms with Crippen molar-refractivity contribution in [3.05, 3.63) is 23.2 Å². The molecule has 14 heavy (non-hydrogen) atoms. The Hall–Kier alpha value is -0.670. The van der Waals surface area contributed by atoms with Crippen LogP contribution in [0.3, 0.4) is 0 Å². The van der Waals surface area contributed by atoms with E-state index in [1.807, 2.05) is 6.92 Å². The lowest BCUT2D eigenvalue weighted by Crippen LogP contribution is -2.32. The van der Waals surface area contributed by atoms with Gasteiger partial charge in [0, 0.05) is 12.8 Å². The standard InChI is InChI=1S/C10H13ClN2O/c1-10(5-2-3-7-14-10)9-12-6-4-8(11)13-9/h4,6H,2-3,5,7H2,1H3. The van der Waals surface area contributed by atoms with E-state index in [0.29, 0.717) is 11.0 Å². The van der Waals surface area contributed by atoms with Gasteiger partial charge in [-0.15, -0.1) is 0 Å². The Balaban J connectivity index is 2.28. The van der Waals surface area contributed by atoms with Gasteiger partial charge < -0.3 is 4.74 Å². The first-order valence-corrected chi connectivity index (χ1v) is 5.21. The third kappa shape index (κ3) is 1.88.